The molecule has 1 heterocycles. The largest absolute Gasteiger partial charge is 0.374 e. The van der Waals surface area contributed by atoms with Crippen molar-refractivity contribution in [3.8, 4) is 0 Å². The Balaban J connectivity index is 1.90. The van der Waals surface area contributed by atoms with Crippen LogP contribution >= 0.6 is 31.9 Å². The van der Waals surface area contributed by atoms with E-state index in [4.69, 9.17) is 4.74 Å². The summed E-state index contributed by atoms with van der Waals surface area (Å²) in [6.45, 7) is 2.88. The first kappa shape index (κ1) is 14.0. The Hall–Kier alpha value is -0.430. The summed E-state index contributed by atoms with van der Waals surface area (Å²) in [5.74, 6) is -0.0915. The quantitative estimate of drug-likeness (QED) is 0.846. The summed E-state index contributed by atoms with van der Waals surface area (Å²) in [5, 5.41) is 6.10. The molecule has 2 N–H and O–H groups in total. The van der Waals surface area contributed by atoms with Crippen molar-refractivity contribution in [1.82, 2.24) is 10.6 Å². The predicted octanol–water partition coefficient (Wildman–Crippen LogP) is 1.93. The first-order chi connectivity index (χ1) is 8.65. The topological polar surface area (TPSA) is 50.4 Å². The number of nitrogens with one attached hydrogen (secondary N) is 2. The minimum Gasteiger partial charge on any atom is -0.374 e. The molecule has 1 aliphatic rings. The second-order valence-electron chi connectivity index (χ2n) is 4.07. The molecule has 2 rings (SSSR count). The molecule has 1 aromatic carbocycles. The smallest absolute Gasteiger partial charge is 0.251 e. The SMILES string of the molecule is O=C(NCC1CNCCO1)c1cc(Br)cc(Br)c1. The summed E-state index contributed by atoms with van der Waals surface area (Å²) in [6, 6.07) is 5.48. The van der Waals surface area contributed by atoms with Crippen LogP contribution < -0.4 is 10.6 Å². The number of hydrogen-bond donors (Lipinski definition) is 2. The maximum absolute atomic E-state index is 12.0. The molecule has 0 saturated carbocycles. The van der Waals surface area contributed by atoms with Crippen LogP contribution in [0.2, 0.25) is 0 Å². The molecule has 1 aliphatic heterocycles. The van der Waals surface area contributed by atoms with Crippen LogP contribution in [0.5, 0.6) is 0 Å². The number of carbonyl (C=O) groups is 1. The van der Waals surface area contributed by atoms with E-state index in [-0.39, 0.29) is 12.0 Å². The average Bonchev–Trinajstić information content (AvgIpc) is 2.36. The number of halogens is 2. The minimum absolute atomic E-state index is 0.0540. The number of benzene rings is 1. The first-order valence-electron chi connectivity index (χ1n) is 5.72. The van der Waals surface area contributed by atoms with Crippen molar-refractivity contribution in [2.24, 2.45) is 0 Å². The van der Waals surface area contributed by atoms with Gasteiger partial charge in [0.05, 0.1) is 12.7 Å². The highest BCUT2D eigenvalue weighted by molar-refractivity contribution is 9.11. The number of ether oxygens (including phenoxy) is 1. The third-order valence-electron chi connectivity index (χ3n) is 2.62. The molecule has 1 amide bonds. The monoisotopic (exact) mass is 376 g/mol. The lowest BCUT2D eigenvalue weighted by Crippen LogP contribution is -2.45. The highest BCUT2D eigenvalue weighted by Crippen LogP contribution is 2.20. The van der Waals surface area contributed by atoms with Gasteiger partial charge in [-0.1, -0.05) is 31.9 Å². The molecular formula is C12H14Br2N2O2. The molecule has 0 bridgehead atoms. The van der Waals surface area contributed by atoms with Crippen LogP contribution in [0.15, 0.2) is 27.1 Å². The molecule has 1 saturated heterocycles. The normalized spacial score (nSPS) is 19.6. The van der Waals surface area contributed by atoms with E-state index >= 15 is 0 Å². The van der Waals surface area contributed by atoms with Crippen molar-refractivity contribution in [3.05, 3.63) is 32.7 Å². The number of carbonyl (C=O) groups excluding carboxylic acids is 1. The molecule has 0 radical (unpaired) electrons. The van der Waals surface area contributed by atoms with Gasteiger partial charge in [0.25, 0.3) is 5.91 Å². The van der Waals surface area contributed by atoms with Gasteiger partial charge in [-0.25, -0.2) is 0 Å². The summed E-state index contributed by atoms with van der Waals surface area (Å²) >= 11 is 6.73. The highest BCUT2D eigenvalue weighted by atomic mass is 79.9. The van der Waals surface area contributed by atoms with E-state index < -0.39 is 0 Å². The Bertz CT molecular complexity index is 414. The van der Waals surface area contributed by atoms with E-state index in [9.17, 15) is 4.79 Å². The van der Waals surface area contributed by atoms with Crippen LogP contribution in [-0.4, -0.2) is 38.3 Å². The van der Waals surface area contributed by atoms with Gasteiger partial charge in [0, 0.05) is 34.1 Å². The standard InChI is InChI=1S/C12H14Br2N2O2/c13-9-3-8(4-10(14)5-9)12(17)16-7-11-6-15-1-2-18-11/h3-5,11,15H,1-2,6-7H2,(H,16,17). The Morgan fingerprint density at radius 2 is 2.11 bits per heavy atom. The fourth-order valence-electron chi connectivity index (χ4n) is 1.74. The van der Waals surface area contributed by atoms with E-state index in [1.54, 1.807) is 12.1 Å². The van der Waals surface area contributed by atoms with Gasteiger partial charge in [-0.15, -0.1) is 0 Å². The van der Waals surface area contributed by atoms with Crippen LogP contribution in [0.25, 0.3) is 0 Å². The van der Waals surface area contributed by atoms with E-state index in [1.165, 1.54) is 0 Å². The van der Waals surface area contributed by atoms with Crippen molar-refractivity contribution < 1.29 is 9.53 Å². The van der Waals surface area contributed by atoms with Gasteiger partial charge >= 0.3 is 0 Å². The van der Waals surface area contributed by atoms with E-state index in [0.717, 1.165) is 22.0 Å². The van der Waals surface area contributed by atoms with Gasteiger partial charge < -0.3 is 15.4 Å². The van der Waals surface area contributed by atoms with E-state index in [1.807, 2.05) is 6.07 Å². The van der Waals surface area contributed by atoms with Gasteiger partial charge in [0.2, 0.25) is 0 Å². The van der Waals surface area contributed by atoms with Crippen LogP contribution in [0.4, 0.5) is 0 Å². The summed E-state index contributed by atoms with van der Waals surface area (Å²) in [4.78, 5) is 12.0. The Morgan fingerprint density at radius 1 is 1.39 bits per heavy atom. The summed E-state index contributed by atoms with van der Waals surface area (Å²) in [7, 11) is 0. The van der Waals surface area contributed by atoms with Gasteiger partial charge in [-0.3, -0.25) is 4.79 Å². The van der Waals surface area contributed by atoms with Crippen molar-refractivity contribution in [1.29, 1.82) is 0 Å². The zero-order valence-corrected chi connectivity index (χ0v) is 12.9. The van der Waals surface area contributed by atoms with Crippen LogP contribution in [0, 0.1) is 0 Å². The molecule has 0 aliphatic carbocycles. The molecule has 1 fully saturated rings. The van der Waals surface area contributed by atoms with Crippen LogP contribution in [0.3, 0.4) is 0 Å². The van der Waals surface area contributed by atoms with E-state index in [2.05, 4.69) is 42.5 Å². The third kappa shape index (κ3) is 4.05. The fourth-order valence-corrected chi connectivity index (χ4v) is 3.04. The summed E-state index contributed by atoms with van der Waals surface area (Å²) in [5.41, 5.74) is 0.625. The molecule has 1 unspecified atom stereocenters. The Labute approximate surface area is 123 Å². The molecule has 1 atom stereocenters. The fraction of sp³-hybridized carbons (Fsp3) is 0.417. The third-order valence-corrected chi connectivity index (χ3v) is 3.54. The molecule has 1 aromatic rings. The zero-order valence-electron chi connectivity index (χ0n) is 9.71. The van der Waals surface area contributed by atoms with Gasteiger partial charge in [0.15, 0.2) is 0 Å². The van der Waals surface area contributed by atoms with Gasteiger partial charge in [-0.05, 0) is 18.2 Å². The van der Waals surface area contributed by atoms with Crippen LogP contribution in [-0.2, 0) is 4.74 Å². The summed E-state index contributed by atoms with van der Waals surface area (Å²) in [6.07, 6.45) is 0.0540. The van der Waals surface area contributed by atoms with Crippen LogP contribution in [0.1, 0.15) is 10.4 Å². The lowest BCUT2D eigenvalue weighted by atomic mass is 10.2. The molecule has 4 nitrogen and oxygen atoms in total. The molecular weight excluding hydrogens is 364 g/mol. The van der Waals surface area contributed by atoms with Gasteiger partial charge in [-0.2, -0.15) is 0 Å². The predicted molar refractivity (Wildman–Crippen MR) is 76.8 cm³/mol. The molecule has 18 heavy (non-hydrogen) atoms. The Morgan fingerprint density at radius 3 is 2.72 bits per heavy atom. The molecule has 98 valence electrons. The molecule has 0 aromatic heterocycles. The summed E-state index contributed by atoms with van der Waals surface area (Å²) < 4.78 is 7.26. The number of hydrogen-bond acceptors (Lipinski definition) is 3. The van der Waals surface area contributed by atoms with Crippen molar-refractivity contribution in [2.75, 3.05) is 26.2 Å². The number of morpholine rings is 1. The average molecular weight is 378 g/mol. The Kier molecular flexibility index (Phi) is 5.17. The van der Waals surface area contributed by atoms with Crippen molar-refractivity contribution in [3.63, 3.8) is 0 Å². The van der Waals surface area contributed by atoms with E-state index in [0.29, 0.717) is 18.7 Å². The molecule has 0 spiro atoms. The van der Waals surface area contributed by atoms with Crippen molar-refractivity contribution in [2.45, 2.75) is 6.10 Å². The second-order valence-corrected chi connectivity index (χ2v) is 5.90. The second kappa shape index (κ2) is 6.65. The zero-order chi connectivity index (χ0) is 13.0. The lowest BCUT2D eigenvalue weighted by molar-refractivity contribution is 0.0287. The van der Waals surface area contributed by atoms with Crippen molar-refractivity contribution >= 4 is 37.8 Å². The number of rotatable bonds is 3. The highest BCUT2D eigenvalue weighted by Gasteiger charge is 2.15. The molecule has 6 heteroatoms. The lowest BCUT2D eigenvalue weighted by Gasteiger charge is -2.23. The minimum atomic E-state index is -0.0915. The van der Waals surface area contributed by atoms with Gasteiger partial charge in [0.1, 0.15) is 0 Å². The first-order valence-corrected chi connectivity index (χ1v) is 7.30. The maximum Gasteiger partial charge on any atom is 0.251 e. The maximum atomic E-state index is 12.0. The number of amides is 1.